The fraction of sp³-hybridized carbons (Fsp3) is 0.533. The number of hydrogen-bond donors (Lipinski definition) is 0. The number of imidazole rings is 1. The summed E-state index contributed by atoms with van der Waals surface area (Å²) in [5.74, 6) is 0.902. The molecule has 0 saturated heterocycles. The maximum Gasteiger partial charge on any atom is 0.328 e. The molecule has 0 amide bonds. The van der Waals surface area contributed by atoms with Gasteiger partial charge in [-0.15, -0.1) is 11.6 Å². The van der Waals surface area contributed by atoms with Gasteiger partial charge in [-0.25, -0.2) is 14.8 Å². The van der Waals surface area contributed by atoms with Gasteiger partial charge in [0.05, 0.1) is 13.0 Å². The highest BCUT2D eigenvalue weighted by Crippen LogP contribution is 2.27. The molecule has 0 N–H and O–H groups in total. The number of esters is 1. The Labute approximate surface area is 129 Å². The van der Waals surface area contributed by atoms with Crippen LogP contribution in [-0.4, -0.2) is 27.6 Å². The Hall–Kier alpha value is -1.62. The molecule has 0 bridgehead atoms. The van der Waals surface area contributed by atoms with E-state index in [1.807, 2.05) is 17.6 Å². The van der Waals surface area contributed by atoms with E-state index in [-0.39, 0.29) is 11.8 Å². The number of carbonyl (C=O) groups is 1. The Morgan fingerprint density at radius 1 is 1.48 bits per heavy atom. The van der Waals surface area contributed by atoms with Crippen LogP contribution in [0.4, 0.5) is 0 Å². The van der Waals surface area contributed by atoms with E-state index in [1.54, 1.807) is 6.20 Å². The lowest BCUT2D eigenvalue weighted by Crippen LogP contribution is -2.24. The topological polar surface area (TPSA) is 57.0 Å². The standard InChI is InChI=1S/C15H20ClN3O2/c1-9(2)5-12(15(20)21-4)19-13(7-16)18-11-6-10(3)8-17-14(11)19/h6,8-9,12H,5,7H2,1-4H3. The first-order valence-electron chi connectivity index (χ1n) is 6.95. The van der Waals surface area contributed by atoms with Crippen molar-refractivity contribution in [2.75, 3.05) is 7.11 Å². The fourth-order valence-electron chi connectivity index (χ4n) is 2.44. The van der Waals surface area contributed by atoms with Crippen molar-refractivity contribution in [2.45, 2.75) is 39.1 Å². The lowest BCUT2D eigenvalue weighted by Gasteiger charge is -2.20. The van der Waals surface area contributed by atoms with Crippen LogP contribution in [0.25, 0.3) is 11.2 Å². The molecule has 0 aliphatic rings. The van der Waals surface area contributed by atoms with Crippen molar-refractivity contribution in [3.05, 3.63) is 23.7 Å². The second-order valence-electron chi connectivity index (χ2n) is 5.56. The van der Waals surface area contributed by atoms with Gasteiger partial charge in [-0.3, -0.25) is 4.57 Å². The summed E-state index contributed by atoms with van der Waals surface area (Å²) in [5.41, 5.74) is 2.45. The molecule has 21 heavy (non-hydrogen) atoms. The van der Waals surface area contributed by atoms with Crippen LogP contribution in [0.5, 0.6) is 0 Å². The number of fused-ring (bicyclic) bond motifs is 1. The number of hydrogen-bond acceptors (Lipinski definition) is 4. The molecule has 2 aromatic heterocycles. The first-order chi connectivity index (χ1) is 9.97. The predicted molar refractivity (Wildman–Crippen MR) is 82.3 cm³/mol. The number of alkyl halides is 1. The third-order valence-corrected chi connectivity index (χ3v) is 3.58. The summed E-state index contributed by atoms with van der Waals surface area (Å²) in [5, 5.41) is 0. The summed E-state index contributed by atoms with van der Waals surface area (Å²) >= 11 is 6.01. The number of rotatable bonds is 5. The molecule has 0 aliphatic heterocycles. The zero-order valence-corrected chi connectivity index (χ0v) is 13.5. The molecule has 1 unspecified atom stereocenters. The summed E-state index contributed by atoms with van der Waals surface area (Å²) in [4.78, 5) is 21.1. The van der Waals surface area contributed by atoms with E-state index < -0.39 is 6.04 Å². The Kier molecular flexibility index (Phi) is 4.83. The largest absolute Gasteiger partial charge is 0.467 e. The second kappa shape index (κ2) is 6.43. The van der Waals surface area contributed by atoms with Gasteiger partial charge in [0.15, 0.2) is 5.65 Å². The van der Waals surface area contributed by atoms with Gasteiger partial charge in [0.25, 0.3) is 0 Å². The Morgan fingerprint density at radius 2 is 2.19 bits per heavy atom. The SMILES string of the molecule is COC(=O)C(CC(C)C)n1c(CCl)nc2cc(C)cnc21. The second-order valence-corrected chi connectivity index (χ2v) is 5.82. The summed E-state index contributed by atoms with van der Waals surface area (Å²) in [6.07, 6.45) is 2.42. The van der Waals surface area contributed by atoms with Crippen LogP contribution >= 0.6 is 11.6 Å². The minimum absolute atomic E-state index is 0.223. The molecule has 0 fully saturated rings. The first-order valence-corrected chi connectivity index (χ1v) is 7.48. The summed E-state index contributed by atoms with van der Waals surface area (Å²) in [6.45, 7) is 6.08. The number of aromatic nitrogens is 3. The van der Waals surface area contributed by atoms with Gasteiger partial charge < -0.3 is 4.74 Å². The highest BCUT2D eigenvalue weighted by molar-refractivity contribution is 6.16. The van der Waals surface area contributed by atoms with Crippen LogP contribution in [-0.2, 0) is 15.4 Å². The van der Waals surface area contributed by atoms with Gasteiger partial charge in [0.1, 0.15) is 17.4 Å². The molecule has 2 rings (SSSR count). The lowest BCUT2D eigenvalue weighted by atomic mass is 10.0. The zero-order chi connectivity index (χ0) is 15.6. The fourth-order valence-corrected chi connectivity index (χ4v) is 2.63. The van der Waals surface area contributed by atoms with Crippen molar-refractivity contribution in [3.63, 3.8) is 0 Å². The number of carbonyl (C=O) groups excluding carboxylic acids is 1. The van der Waals surface area contributed by atoms with E-state index in [4.69, 9.17) is 16.3 Å². The quantitative estimate of drug-likeness (QED) is 0.628. The normalized spacial score (nSPS) is 12.9. The van der Waals surface area contributed by atoms with Crippen LogP contribution in [0.2, 0.25) is 0 Å². The molecule has 0 aliphatic carbocycles. The summed E-state index contributed by atoms with van der Waals surface area (Å²) in [6, 6.07) is 1.49. The van der Waals surface area contributed by atoms with Crippen LogP contribution in [0.15, 0.2) is 12.3 Å². The summed E-state index contributed by atoms with van der Waals surface area (Å²) in [7, 11) is 1.40. The van der Waals surface area contributed by atoms with E-state index in [0.29, 0.717) is 23.8 Å². The molecule has 5 nitrogen and oxygen atoms in total. The van der Waals surface area contributed by atoms with Gasteiger partial charge in [-0.2, -0.15) is 0 Å². The van der Waals surface area contributed by atoms with Gasteiger partial charge in [-0.05, 0) is 30.9 Å². The molecule has 6 heteroatoms. The molecule has 0 saturated carbocycles. The Morgan fingerprint density at radius 3 is 2.76 bits per heavy atom. The third kappa shape index (κ3) is 3.18. The van der Waals surface area contributed by atoms with Crippen molar-refractivity contribution in [1.29, 1.82) is 0 Å². The molecule has 0 spiro atoms. The maximum absolute atomic E-state index is 12.2. The number of aryl methyl sites for hydroxylation is 1. The highest BCUT2D eigenvalue weighted by atomic mass is 35.5. The van der Waals surface area contributed by atoms with E-state index >= 15 is 0 Å². The molecular weight excluding hydrogens is 290 g/mol. The average Bonchev–Trinajstić information content (AvgIpc) is 2.80. The molecule has 114 valence electrons. The molecule has 2 aromatic rings. The van der Waals surface area contributed by atoms with Gasteiger partial charge in [0.2, 0.25) is 0 Å². The van der Waals surface area contributed by atoms with Crippen LogP contribution in [0.3, 0.4) is 0 Å². The molecule has 2 heterocycles. The van der Waals surface area contributed by atoms with Crippen molar-refractivity contribution in [2.24, 2.45) is 5.92 Å². The number of ether oxygens (including phenoxy) is 1. The minimum Gasteiger partial charge on any atom is -0.467 e. The predicted octanol–water partition coefficient (Wildman–Crippen LogP) is 3.24. The van der Waals surface area contributed by atoms with Crippen LogP contribution < -0.4 is 0 Å². The Bertz CT molecular complexity index is 652. The van der Waals surface area contributed by atoms with Crippen LogP contribution in [0.1, 0.15) is 37.7 Å². The van der Waals surface area contributed by atoms with Gasteiger partial charge >= 0.3 is 5.97 Å². The number of halogens is 1. The smallest absolute Gasteiger partial charge is 0.328 e. The third-order valence-electron chi connectivity index (χ3n) is 3.34. The number of pyridine rings is 1. The first kappa shape index (κ1) is 15.8. The lowest BCUT2D eigenvalue weighted by molar-refractivity contribution is -0.145. The molecule has 0 radical (unpaired) electrons. The summed E-state index contributed by atoms with van der Waals surface area (Å²) < 4.78 is 6.76. The number of nitrogens with zero attached hydrogens (tertiary/aromatic N) is 3. The van der Waals surface area contributed by atoms with Gasteiger partial charge in [0, 0.05) is 6.20 Å². The van der Waals surface area contributed by atoms with Crippen molar-refractivity contribution in [3.8, 4) is 0 Å². The maximum atomic E-state index is 12.2. The Balaban J connectivity index is 2.62. The van der Waals surface area contributed by atoms with E-state index in [0.717, 1.165) is 11.1 Å². The van der Waals surface area contributed by atoms with Crippen molar-refractivity contribution >= 4 is 28.7 Å². The highest BCUT2D eigenvalue weighted by Gasteiger charge is 2.27. The van der Waals surface area contributed by atoms with Gasteiger partial charge in [-0.1, -0.05) is 13.8 Å². The van der Waals surface area contributed by atoms with E-state index in [2.05, 4.69) is 23.8 Å². The average molecular weight is 310 g/mol. The molecule has 1 atom stereocenters. The number of methoxy groups -OCH3 is 1. The minimum atomic E-state index is -0.455. The van der Waals surface area contributed by atoms with E-state index in [1.165, 1.54) is 7.11 Å². The van der Waals surface area contributed by atoms with E-state index in [9.17, 15) is 4.79 Å². The molecule has 0 aromatic carbocycles. The monoisotopic (exact) mass is 309 g/mol. The molecular formula is C15H20ClN3O2. The van der Waals surface area contributed by atoms with Crippen molar-refractivity contribution in [1.82, 2.24) is 14.5 Å². The van der Waals surface area contributed by atoms with Crippen LogP contribution in [0, 0.1) is 12.8 Å². The zero-order valence-electron chi connectivity index (χ0n) is 12.8. The van der Waals surface area contributed by atoms with Crippen molar-refractivity contribution < 1.29 is 9.53 Å².